The first-order valence-electron chi connectivity index (χ1n) is 12.4. The number of nitrogens with zero attached hydrogens (tertiary/aromatic N) is 7. The highest BCUT2D eigenvalue weighted by Gasteiger charge is 2.38. The zero-order chi connectivity index (χ0) is 26.6. The Morgan fingerprint density at radius 1 is 1.16 bits per heavy atom. The van der Waals surface area contributed by atoms with Gasteiger partial charge in [0.05, 0.1) is 11.6 Å². The molecule has 0 aromatic carbocycles. The molecule has 13 heteroatoms. The smallest absolute Gasteiger partial charge is 0.346 e. The Hall–Kier alpha value is -4.18. The molecule has 1 saturated heterocycles. The summed E-state index contributed by atoms with van der Waals surface area (Å²) < 4.78 is 44.8. The molecule has 0 saturated carbocycles. The van der Waals surface area contributed by atoms with E-state index in [-0.39, 0.29) is 42.0 Å². The molecule has 0 unspecified atom stereocenters. The normalized spacial score (nSPS) is 17.0. The van der Waals surface area contributed by atoms with Crippen LogP contribution in [0.2, 0.25) is 0 Å². The summed E-state index contributed by atoms with van der Waals surface area (Å²) in [4.78, 5) is 22.5. The number of nitrogens with one attached hydrogen (secondary N) is 2. The maximum atomic E-state index is 14.0. The molecule has 0 atom stereocenters. The fourth-order valence-corrected chi connectivity index (χ4v) is 5.34. The van der Waals surface area contributed by atoms with Gasteiger partial charge in [0, 0.05) is 60.8 Å². The molecule has 6 heterocycles. The largest absolute Gasteiger partial charge is 0.435 e. The Kier molecular flexibility index (Phi) is 5.71. The third-order valence-corrected chi connectivity index (χ3v) is 7.24. The summed E-state index contributed by atoms with van der Waals surface area (Å²) >= 11 is 0. The number of piperidine rings is 1. The number of carbonyl (C=O) groups excluding carboxylic acids is 1. The van der Waals surface area contributed by atoms with Crippen LogP contribution in [-0.4, -0.2) is 67.0 Å². The lowest BCUT2D eigenvalue weighted by molar-refractivity contribution is -0.141. The van der Waals surface area contributed by atoms with Crippen molar-refractivity contribution in [1.29, 1.82) is 5.26 Å². The van der Waals surface area contributed by atoms with E-state index in [1.54, 1.807) is 17.8 Å². The molecule has 1 fully saturated rings. The number of halogens is 3. The lowest BCUT2D eigenvalue weighted by Crippen LogP contribution is -2.31. The number of alkyl halides is 3. The standard InChI is InChI=1S/C25H24F3N9O/c1-35-7-2-8-36-13-18(22(34-36)25(26,27)28)17-12-32-23-16(17)9-14(11-31-23)20-19(10-29)37(33-21(20)24(35)38)15-3-5-30-6-4-15/h9,11-13,15,30H,2-8H2,1H3,(H,31,32). The van der Waals surface area contributed by atoms with Crippen LogP contribution in [0.5, 0.6) is 0 Å². The maximum Gasteiger partial charge on any atom is 0.435 e. The number of aryl methyl sites for hydroxylation is 1. The van der Waals surface area contributed by atoms with Crippen LogP contribution in [0.25, 0.3) is 33.3 Å². The van der Waals surface area contributed by atoms with Gasteiger partial charge in [-0.2, -0.15) is 28.6 Å². The first kappa shape index (κ1) is 24.2. The minimum Gasteiger partial charge on any atom is -0.346 e. The van der Waals surface area contributed by atoms with E-state index in [2.05, 4.69) is 31.6 Å². The predicted octanol–water partition coefficient (Wildman–Crippen LogP) is 3.58. The molecule has 4 bridgehead atoms. The molecule has 196 valence electrons. The summed E-state index contributed by atoms with van der Waals surface area (Å²) in [6.07, 6.45) is 1.60. The van der Waals surface area contributed by atoms with Gasteiger partial charge in [0.2, 0.25) is 0 Å². The average Bonchev–Trinajstić information content (AvgIpc) is 3.62. The van der Waals surface area contributed by atoms with E-state index in [0.717, 1.165) is 25.9 Å². The van der Waals surface area contributed by atoms with Crippen molar-refractivity contribution in [2.75, 3.05) is 26.7 Å². The molecule has 0 spiro atoms. The highest BCUT2D eigenvalue weighted by molar-refractivity contribution is 6.02. The predicted molar refractivity (Wildman–Crippen MR) is 131 cm³/mol. The van der Waals surface area contributed by atoms with E-state index in [4.69, 9.17) is 0 Å². The summed E-state index contributed by atoms with van der Waals surface area (Å²) in [5.74, 6) is -0.368. The van der Waals surface area contributed by atoms with Crippen LogP contribution >= 0.6 is 0 Å². The first-order valence-corrected chi connectivity index (χ1v) is 12.4. The van der Waals surface area contributed by atoms with Gasteiger partial charge in [-0.1, -0.05) is 0 Å². The molecular weight excluding hydrogens is 499 g/mol. The van der Waals surface area contributed by atoms with E-state index < -0.39 is 11.9 Å². The Bertz CT molecular complexity index is 1580. The minimum absolute atomic E-state index is 0.0580. The molecule has 1 amide bonds. The van der Waals surface area contributed by atoms with Crippen molar-refractivity contribution < 1.29 is 18.0 Å². The van der Waals surface area contributed by atoms with Crippen LogP contribution in [0, 0.1) is 11.3 Å². The topological polar surface area (TPSA) is 120 Å². The lowest BCUT2D eigenvalue weighted by atomic mass is 10.00. The van der Waals surface area contributed by atoms with Gasteiger partial charge >= 0.3 is 6.18 Å². The van der Waals surface area contributed by atoms with Gasteiger partial charge in [0.1, 0.15) is 17.4 Å². The van der Waals surface area contributed by atoms with Gasteiger partial charge in [-0.25, -0.2) is 4.98 Å². The molecule has 2 N–H and O–H groups in total. The van der Waals surface area contributed by atoms with Crippen molar-refractivity contribution in [3.05, 3.63) is 41.7 Å². The van der Waals surface area contributed by atoms with Gasteiger partial charge in [-0.05, 0) is 38.4 Å². The molecule has 2 aliphatic rings. The van der Waals surface area contributed by atoms with Gasteiger partial charge < -0.3 is 15.2 Å². The zero-order valence-electron chi connectivity index (χ0n) is 20.5. The average molecular weight is 524 g/mol. The number of aromatic amines is 1. The third-order valence-electron chi connectivity index (χ3n) is 7.24. The zero-order valence-corrected chi connectivity index (χ0v) is 20.5. The fraction of sp³-hybridized carbons (Fsp3) is 0.400. The van der Waals surface area contributed by atoms with Gasteiger partial charge in [0.15, 0.2) is 11.4 Å². The molecular formula is C25H24F3N9O. The number of amides is 1. The monoisotopic (exact) mass is 523 g/mol. The maximum absolute atomic E-state index is 14.0. The van der Waals surface area contributed by atoms with Crippen molar-refractivity contribution >= 4 is 16.9 Å². The molecule has 38 heavy (non-hydrogen) atoms. The summed E-state index contributed by atoms with van der Waals surface area (Å²) in [7, 11) is 1.62. The van der Waals surface area contributed by atoms with Gasteiger partial charge in [0.25, 0.3) is 5.91 Å². The van der Waals surface area contributed by atoms with Gasteiger partial charge in [-0.3, -0.25) is 14.2 Å². The van der Waals surface area contributed by atoms with Crippen molar-refractivity contribution in [3.8, 4) is 28.3 Å². The number of pyridine rings is 1. The number of rotatable bonds is 1. The molecule has 2 aliphatic heterocycles. The third kappa shape index (κ3) is 3.92. The quantitative estimate of drug-likeness (QED) is 0.394. The number of hydrogen-bond donors (Lipinski definition) is 2. The first-order chi connectivity index (χ1) is 18.3. The Balaban J connectivity index is 1.62. The van der Waals surface area contributed by atoms with Crippen molar-refractivity contribution in [3.63, 3.8) is 0 Å². The fourth-order valence-electron chi connectivity index (χ4n) is 5.34. The van der Waals surface area contributed by atoms with E-state index in [1.165, 1.54) is 28.2 Å². The van der Waals surface area contributed by atoms with Gasteiger partial charge in [-0.15, -0.1) is 0 Å². The second kappa shape index (κ2) is 8.98. The number of carbonyl (C=O) groups is 1. The second-order valence-corrected chi connectivity index (χ2v) is 9.66. The number of H-pyrrole nitrogens is 1. The van der Waals surface area contributed by atoms with Crippen LogP contribution < -0.4 is 5.32 Å². The SMILES string of the molecule is CN1CCCn2cc(c(C(F)(F)F)n2)-c2c[nH]c3ncc(cc23)-c2c(nn(C3CCNCC3)c2C#N)C1=O. The highest BCUT2D eigenvalue weighted by atomic mass is 19.4. The van der Waals surface area contributed by atoms with Crippen molar-refractivity contribution in [1.82, 2.24) is 39.7 Å². The number of hydrogen-bond acceptors (Lipinski definition) is 6. The molecule has 6 rings (SSSR count). The number of fused-ring (bicyclic) bond motifs is 6. The van der Waals surface area contributed by atoms with Crippen molar-refractivity contribution in [2.45, 2.75) is 38.0 Å². The summed E-state index contributed by atoms with van der Waals surface area (Å²) in [5, 5.41) is 22.4. The number of aromatic nitrogens is 6. The summed E-state index contributed by atoms with van der Waals surface area (Å²) in [5.41, 5.74) is 0.772. The second-order valence-electron chi connectivity index (χ2n) is 9.66. The van der Waals surface area contributed by atoms with Crippen LogP contribution in [0.3, 0.4) is 0 Å². The van der Waals surface area contributed by atoms with Crippen molar-refractivity contribution in [2.24, 2.45) is 0 Å². The molecule has 4 aromatic heterocycles. The summed E-state index contributed by atoms with van der Waals surface area (Å²) in [6, 6.07) is 3.85. The van der Waals surface area contributed by atoms with Crippen LogP contribution in [0.15, 0.2) is 24.7 Å². The molecule has 10 nitrogen and oxygen atoms in total. The molecule has 0 radical (unpaired) electrons. The lowest BCUT2D eigenvalue weighted by Gasteiger charge is -2.23. The van der Waals surface area contributed by atoms with Crippen LogP contribution in [-0.2, 0) is 12.7 Å². The summed E-state index contributed by atoms with van der Waals surface area (Å²) in [6.45, 7) is 1.99. The minimum atomic E-state index is -4.66. The van der Waals surface area contributed by atoms with Crippen LogP contribution in [0.4, 0.5) is 13.2 Å². The van der Waals surface area contributed by atoms with E-state index in [0.29, 0.717) is 34.1 Å². The Morgan fingerprint density at radius 3 is 2.68 bits per heavy atom. The Labute approximate surface area is 215 Å². The van der Waals surface area contributed by atoms with Crippen LogP contribution in [0.1, 0.15) is 47.2 Å². The molecule has 4 aromatic rings. The van der Waals surface area contributed by atoms with E-state index in [1.807, 2.05) is 0 Å². The molecule has 0 aliphatic carbocycles. The van der Waals surface area contributed by atoms with E-state index in [9.17, 15) is 23.2 Å². The highest BCUT2D eigenvalue weighted by Crippen LogP contribution is 2.40. The number of nitriles is 1. The Morgan fingerprint density at radius 2 is 1.95 bits per heavy atom. The van der Waals surface area contributed by atoms with E-state index >= 15 is 0 Å².